The second-order valence-corrected chi connectivity index (χ2v) is 6.36. The monoisotopic (exact) mass is 377 g/mol. The van der Waals surface area contributed by atoms with Crippen LogP contribution in [0.5, 0.6) is 0 Å². The highest BCUT2D eigenvalue weighted by molar-refractivity contribution is 9.10. The van der Waals surface area contributed by atoms with Gasteiger partial charge in [-0.3, -0.25) is 9.36 Å². The first-order valence-corrected chi connectivity index (χ1v) is 8.55. The van der Waals surface area contributed by atoms with Crippen LogP contribution in [0.1, 0.15) is 48.3 Å². The maximum atomic E-state index is 12.6. The highest BCUT2D eigenvalue weighted by atomic mass is 79.9. The number of aromatic carboxylic acids is 1. The molecule has 0 spiro atoms. The third kappa shape index (κ3) is 3.72. The minimum Gasteiger partial charge on any atom is -0.478 e. The Morgan fingerprint density at radius 1 is 1.13 bits per heavy atom. The normalized spacial score (nSPS) is 10.7. The number of aryl methyl sites for hydroxylation is 1. The van der Waals surface area contributed by atoms with Gasteiger partial charge in [-0.25, -0.2) is 4.79 Å². The fourth-order valence-electron chi connectivity index (χ4n) is 2.79. The molecule has 0 bridgehead atoms. The third-order valence-electron chi connectivity index (χ3n) is 3.70. The Kier molecular flexibility index (Phi) is 5.77. The van der Waals surface area contributed by atoms with Gasteiger partial charge in [0.15, 0.2) is 0 Å². The van der Waals surface area contributed by atoms with E-state index in [1.165, 1.54) is 10.6 Å². The first-order chi connectivity index (χ1) is 11.0. The highest BCUT2D eigenvalue weighted by Gasteiger charge is 2.20. The zero-order valence-electron chi connectivity index (χ0n) is 13.3. The van der Waals surface area contributed by atoms with Crippen LogP contribution in [-0.2, 0) is 12.8 Å². The lowest BCUT2D eigenvalue weighted by Crippen LogP contribution is -2.26. The summed E-state index contributed by atoms with van der Waals surface area (Å²) in [5, 5.41) is 9.68. The predicted molar refractivity (Wildman–Crippen MR) is 94.7 cm³/mol. The van der Waals surface area contributed by atoms with E-state index < -0.39 is 5.97 Å². The summed E-state index contributed by atoms with van der Waals surface area (Å²) < 4.78 is 2.44. The van der Waals surface area contributed by atoms with Crippen molar-refractivity contribution in [2.45, 2.75) is 39.5 Å². The first-order valence-electron chi connectivity index (χ1n) is 7.76. The Morgan fingerprint density at radius 3 is 2.26 bits per heavy atom. The van der Waals surface area contributed by atoms with Crippen molar-refractivity contribution in [1.82, 2.24) is 4.57 Å². The number of carboxylic acids is 1. The van der Waals surface area contributed by atoms with Gasteiger partial charge >= 0.3 is 5.97 Å². The summed E-state index contributed by atoms with van der Waals surface area (Å²) in [5.41, 5.74) is 1.99. The number of pyridine rings is 1. The molecule has 0 unspecified atom stereocenters. The van der Waals surface area contributed by atoms with Gasteiger partial charge in [0.05, 0.1) is 5.56 Å². The van der Waals surface area contributed by atoms with E-state index in [2.05, 4.69) is 15.9 Å². The van der Waals surface area contributed by atoms with E-state index in [0.717, 1.165) is 17.3 Å². The van der Waals surface area contributed by atoms with Crippen molar-refractivity contribution in [1.29, 1.82) is 0 Å². The Balaban J connectivity index is 2.79. The van der Waals surface area contributed by atoms with Gasteiger partial charge in [-0.2, -0.15) is 0 Å². The van der Waals surface area contributed by atoms with Gasteiger partial charge in [0.2, 0.25) is 0 Å². The van der Waals surface area contributed by atoms with Crippen molar-refractivity contribution >= 4 is 21.9 Å². The fraction of sp³-hybridized carbons (Fsp3) is 0.333. The second-order valence-electron chi connectivity index (χ2n) is 5.45. The third-order valence-corrected chi connectivity index (χ3v) is 4.23. The van der Waals surface area contributed by atoms with Gasteiger partial charge in [-0.15, -0.1) is 0 Å². The van der Waals surface area contributed by atoms with Crippen molar-refractivity contribution in [2.24, 2.45) is 0 Å². The molecule has 0 aliphatic rings. The maximum absolute atomic E-state index is 12.6. The van der Waals surface area contributed by atoms with Crippen molar-refractivity contribution in [3.05, 3.63) is 62.0 Å². The molecule has 2 rings (SSSR count). The number of carbonyl (C=O) groups is 1. The molecule has 23 heavy (non-hydrogen) atoms. The molecule has 5 heteroatoms. The van der Waals surface area contributed by atoms with Crippen LogP contribution in [0, 0.1) is 0 Å². The smallest absolute Gasteiger partial charge is 0.337 e. The Labute approximate surface area is 143 Å². The quantitative estimate of drug-likeness (QED) is 0.820. The number of hydrogen-bond acceptors (Lipinski definition) is 2. The molecule has 0 saturated heterocycles. The second kappa shape index (κ2) is 7.59. The average molecular weight is 378 g/mol. The predicted octanol–water partition coefficient (Wildman–Crippen LogP) is 4.20. The van der Waals surface area contributed by atoms with Crippen molar-refractivity contribution < 1.29 is 9.90 Å². The van der Waals surface area contributed by atoms with Crippen LogP contribution in [0.4, 0.5) is 0 Å². The summed E-state index contributed by atoms with van der Waals surface area (Å²) in [4.78, 5) is 24.4. The Hall–Kier alpha value is -1.88. The topological polar surface area (TPSA) is 59.3 Å². The van der Waals surface area contributed by atoms with E-state index >= 15 is 0 Å². The van der Waals surface area contributed by atoms with Crippen LogP contribution >= 0.6 is 15.9 Å². The van der Waals surface area contributed by atoms with Crippen LogP contribution in [0.15, 0.2) is 39.6 Å². The van der Waals surface area contributed by atoms with E-state index in [-0.39, 0.29) is 11.1 Å². The largest absolute Gasteiger partial charge is 0.478 e. The van der Waals surface area contributed by atoms with E-state index in [9.17, 15) is 14.7 Å². The minimum absolute atomic E-state index is 0.177. The van der Waals surface area contributed by atoms with Gasteiger partial charge in [-0.05, 0) is 42.7 Å². The average Bonchev–Trinajstić information content (AvgIpc) is 2.49. The van der Waals surface area contributed by atoms with Crippen LogP contribution in [0.25, 0.3) is 5.69 Å². The van der Waals surface area contributed by atoms with Crippen LogP contribution in [0.2, 0.25) is 0 Å². The molecule has 1 aromatic heterocycles. The standard InChI is InChI=1S/C18H20BrNO3/c1-3-5-12-11-16(21)20(14-9-7-13(19)8-10-14)15(6-4-2)17(12)18(22)23/h7-11H,3-6H2,1-2H3,(H,22,23). The molecule has 0 amide bonds. The molecule has 0 fully saturated rings. The number of hydrogen-bond donors (Lipinski definition) is 1. The number of halogens is 1. The number of nitrogens with zero attached hydrogens (tertiary/aromatic N) is 1. The summed E-state index contributed by atoms with van der Waals surface area (Å²) in [6.45, 7) is 3.96. The summed E-state index contributed by atoms with van der Waals surface area (Å²) >= 11 is 3.37. The lowest BCUT2D eigenvalue weighted by Gasteiger charge is -2.18. The van der Waals surface area contributed by atoms with Crippen molar-refractivity contribution in [3.63, 3.8) is 0 Å². The molecule has 0 atom stereocenters. The molecular formula is C18H20BrNO3. The minimum atomic E-state index is -0.970. The van der Waals surface area contributed by atoms with E-state index in [1.54, 1.807) is 0 Å². The van der Waals surface area contributed by atoms with Crippen molar-refractivity contribution in [2.75, 3.05) is 0 Å². The lowest BCUT2D eigenvalue weighted by molar-refractivity contribution is 0.0693. The Morgan fingerprint density at radius 2 is 1.74 bits per heavy atom. The zero-order valence-corrected chi connectivity index (χ0v) is 14.9. The Bertz CT molecular complexity index is 763. The van der Waals surface area contributed by atoms with Gasteiger partial charge in [-0.1, -0.05) is 42.6 Å². The lowest BCUT2D eigenvalue weighted by atomic mass is 9.99. The molecule has 1 aromatic carbocycles. The van der Waals surface area contributed by atoms with Crippen LogP contribution in [-0.4, -0.2) is 15.6 Å². The molecule has 4 nitrogen and oxygen atoms in total. The molecule has 1 heterocycles. The zero-order chi connectivity index (χ0) is 17.0. The molecule has 0 aliphatic carbocycles. The molecular weight excluding hydrogens is 358 g/mol. The highest BCUT2D eigenvalue weighted by Crippen LogP contribution is 2.21. The molecule has 0 aliphatic heterocycles. The van der Waals surface area contributed by atoms with Crippen LogP contribution < -0.4 is 5.56 Å². The van der Waals surface area contributed by atoms with Gasteiger partial charge < -0.3 is 5.11 Å². The molecule has 1 N–H and O–H groups in total. The summed E-state index contributed by atoms with van der Waals surface area (Å²) in [7, 11) is 0. The van der Waals surface area contributed by atoms with E-state index in [0.29, 0.717) is 29.8 Å². The van der Waals surface area contributed by atoms with Gasteiger partial charge in [0.1, 0.15) is 0 Å². The number of carboxylic acid groups (broad SMARTS) is 1. The summed E-state index contributed by atoms with van der Waals surface area (Å²) in [6.07, 6.45) is 2.71. The van der Waals surface area contributed by atoms with Gasteiger partial charge in [0.25, 0.3) is 5.56 Å². The molecule has 0 radical (unpaired) electrons. The van der Waals surface area contributed by atoms with E-state index in [4.69, 9.17) is 0 Å². The fourth-order valence-corrected chi connectivity index (χ4v) is 3.05. The van der Waals surface area contributed by atoms with Crippen LogP contribution in [0.3, 0.4) is 0 Å². The molecule has 0 saturated carbocycles. The first kappa shape index (κ1) is 17.5. The molecule has 2 aromatic rings. The summed E-state index contributed by atoms with van der Waals surface area (Å²) in [5.74, 6) is -0.970. The van der Waals surface area contributed by atoms with Gasteiger partial charge in [0, 0.05) is 21.9 Å². The maximum Gasteiger partial charge on any atom is 0.337 e. The number of rotatable bonds is 6. The number of aromatic nitrogens is 1. The number of benzene rings is 1. The SMILES string of the molecule is CCCc1cc(=O)n(-c2ccc(Br)cc2)c(CCC)c1C(=O)O. The summed E-state index contributed by atoms with van der Waals surface area (Å²) in [6, 6.07) is 8.79. The van der Waals surface area contributed by atoms with Crippen molar-refractivity contribution in [3.8, 4) is 5.69 Å². The van der Waals surface area contributed by atoms with E-state index in [1.807, 2.05) is 38.1 Å². The molecule has 122 valence electrons.